The van der Waals surface area contributed by atoms with Gasteiger partial charge in [0.05, 0.1) is 12.2 Å². The first-order valence-corrected chi connectivity index (χ1v) is 11.0. The molecule has 0 spiro atoms. The third-order valence-corrected chi connectivity index (χ3v) is 5.70. The standard InChI is InChI=1S/2C11H14Cl2O2.CH4/c2*1-6(2)10(14)11(15)8-4-3-7(12)5-9(8)13;/h2*3-6,10-11,14-15H,1-2H3;1H4/t2*10-,11-;/m10./s1. The Balaban J connectivity index is 0.000000562. The topological polar surface area (TPSA) is 80.9 Å². The first-order valence-electron chi connectivity index (χ1n) is 9.48. The van der Waals surface area contributed by atoms with Crippen molar-refractivity contribution in [3.8, 4) is 0 Å². The van der Waals surface area contributed by atoms with E-state index in [-0.39, 0.29) is 19.3 Å². The lowest BCUT2D eigenvalue weighted by atomic mass is 9.96. The van der Waals surface area contributed by atoms with Gasteiger partial charge in [-0.1, -0.05) is 93.7 Å². The molecule has 0 unspecified atom stereocenters. The van der Waals surface area contributed by atoms with Crippen LogP contribution in [-0.4, -0.2) is 32.6 Å². The summed E-state index contributed by atoms with van der Waals surface area (Å²) in [5.41, 5.74) is 1.00. The van der Waals surface area contributed by atoms with Gasteiger partial charge >= 0.3 is 0 Å². The minimum absolute atomic E-state index is 0. The van der Waals surface area contributed by atoms with Crippen molar-refractivity contribution in [3.05, 3.63) is 67.6 Å². The zero-order valence-electron chi connectivity index (χ0n) is 17.2. The summed E-state index contributed by atoms with van der Waals surface area (Å²) in [4.78, 5) is 0. The molecule has 0 saturated carbocycles. The van der Waals surface area contributed by atoms with Crippen molar-refractivity contribution in [1.29, 1.82) is 0 Å². The van der Waals surface area contributed by atoms with E-state index in [9.17, 15) is 20.4 Å². The molecule has 0 fully saturated rings. The molecule has 4 nitrogen and oxygen atoms in total. The van der Waals surface area contributed by atoms with Gasteiger partial charge in [0.1, 0.15) is 12.2 Å². The van der Waals surface area contributed by atoms with Crippen LogP contribution >= 0.6 is 46.4 Å². The van der Waals surface area contributed by atoms with E-state index < -0.39 is 24.4 Å². The molecule has 0 aliphatic heterocycles. The van der Waals surface area contributed by atoms with Gasteiger partial charge in [-0.25, -0.2) is 0 Å². The summed E-state index contributed by atoms with van der Waals surface area (Å²) in [7, 11) is 0. The van der Waals surface area contributed by atoms with Gasteiger partial charge in [-0.05, 0) is 36.1 Å². The van der Waals surface area contributed by atoms with Crippen molar-refractivity contribution in [2.45, 2.75) is 59.5 Å². The largest absolute Gasteiger partial charge is 0.390 e. The molecule has 0 aliphatic rings. The van der Waals surface area contributed by atoms with Gasteiger partial charge in [-0.2, -0.15) is 0 Å². The predicted molar refractivity (Wildman–Crippen MR) is 131 cm³/mol. The normalized spacial score (nSPS) is 14.9. The maximum Gasteiger partial charge on any atom is 0.107 e. The number of aliphatic hydroxyl groups is 4. The van der Waals surface area contributed by atoms with Crippen LogP contribution in [0.1, 0.15) is 58.5 Å². The van der Waals surface area contributed by atoms with Gasteiger partial charge in [-0.15, -0.1) is 0 Å². The molecule has 0 saturated heterocycles. The van der Waals surface area contributed by atoms with Gasteiger partial charge in [0, 0.05) is 31.2 Å². The number of benzene rings is 2. The third kappa shape index (κ3) is 9.07. The van der Waals surface area contributed by atoms with Gasteiger partial charge in [0.2, 0.25) is 0 Å². The number of hydrogen-bond donors (Lipinski definition) is 4. The third-order valence-electron chi connectivity index (χ3n) is 4.58. The Bertz CT molecular complexity index is 747. The first-order chi connectivity index (χ1) is 13.9. The smallest absolute Gasteiger partial charge is 0.107 e. The lowest BCUT2D eigenvalue weighted by Crippen LogP contribution is -2.24. The average Bonchev–Trinajstić information content (AvgIpc) is 2.66. The summed E-state index contributed by atoms with van der Waals surface area (Å²) in [5.74, 6) is -0.0708. The van der Waals surface area contributed by atoms with Crippen LogP contribution in [0.3, 0.4) is 0 Å². The quantitative estimate of drug-likeness (QED) is 0.345. The van der Waals surface area contributed by atoms with E-state index >= 15 is 0 Å². The van der Waals surface area contributed by atoms with Crippen LogP contribution in [0.2, 0.25) is 20.1 Å². The minimum atomic E-state index is -0.977. The molecule has 8 heteroatoms. The monoisotopic (exact) mass is 512 g/mol. The molecule has 0 aromatic heterocycles. The molecule has 0 amide bonds. The lowest BCUT2D eigenvalue weighted by molar-refractivity contribution is -0.00934. The van der Waals surface area contributed by atoms with E-state index in [1.807, 2.05) is 27.7 Å². The molecule has 0 bridgehead atoms. The summed E-state index contributed by atoms with van der Waals surface area (Å²) in [6.07, 6.45) is -3.61. The Morgan fingerprint density at radius 2 is 0.871 bits per heavy atom. The highest BCUT2D eigenvalue weighted by Gasteiger charge is 2.24. The fourth-order valence-corrected chi connectivity index (χ4v) is 3.62. The van der Waals surface area contributed by atoms with Crippen LogP contribution in [0.4, 0.5) is 0 Å². The summed E-state index contributed by atoms with van der Waals surface area (Å²) >= 11 is 23.3. The van der Waals surface area contributed by atoms with Crippen LogP contribution < -0.4 is 0 Å². The Kier molecular flexibility index (Phi) is 13.6. The highest BCUT2D eigenvalue weighted by molar-refractivity contribution is 6.35. The fourth-order valence-electron chi connectivity index (χ4n) is 2.58. The van der Waals surface area contributed by atoms with Crippen LogP contribution in [0.5, 0.6) is 0 Å². The summed E-state index contributed by atoms with van der Waals surface area (Å²) in [6, 6.07) is 9.63. The van der Waals surface area contributed by atoms with Crippen LogP contribution in [0, 0.1) is 11.8 Å². The van der Waals surface area contributed by atoms with Gasteiger partial charge < -0.3 is 20.4 Å². The van der Waals surface area contributed by atoms with Crippen molar-refractivity contribution in [1.82, 2.24) is 0 Å². The first kappa shape index (κ1) is 30.4. The van der Waals surface area contributed by atoms with E-state index in [1.165, 1.54) is 0 Å². The van der Waals surface area contributed by atoms with Crippen LogP contribution in [0.25, 0.3) is 0 Å². The molecule has 0 heterocycles. The Labute approximate surface area is 205 Å². The van der Waals surface area contributed by atoms with Crippen LogP contribution in [-0.2, 0) is 0 Å². The van der Waals surface area contributed by atoms with Gasteiger partial charge in [0.25, 0.3) is 0 Å². The Morgan fingerprint density at radius 1 is 0.581 bits per heavy atom. The zero-order valence-corrected chi connectivity index (χ0v) is 20.3. The number of aliphatic hydroxyl groups excluding tert-OH is 4. The molecule has 4 N–H and O–H groups in total. The molecule has 4 atom stereocenters. The van der Waals surface area contributed by atoms with Crippen molar-refractivity contribution >= 4 is 46.4 Å². The summed E-state index contributed by atoms with van der Waals surface area (Å²) in [6.45, 7) is 7.32. The predicted octanol–water partition coefficient (Wildman–Crippen LogP) is 6.72. The Morgan fingerprint density at radius 3 is 1.10 bits per heavy atom. The number of halogens is 4. The van der Waals surface area contributed by atoms with E-state index in [0.29, 0.717) is 31.2 Å². The number of hydrogen-bond acceptors (Lipinski definition) is 4. The molecule has 2 aromatic carbocycles. The van der Waals surface area contributed by atoms with E-state index in [2.05, 4.69) is 0 Å². The maximum atomic E-state index is 9.85. The molecule has 0 radical (unpaired) electrons. The molecule has 2 aromatic rings. The van der Waals surface area contributed by atoms with Gasteiger partial charge in [-0.3, -0.25) is 0 Å². The van der Waals surface area contributed by atoms with E-state index in [4.69, 9.17) is 46.4 Å². The van der Waals surface area contributed by atoms with Crippen molar-refractivity contribution < 1.29 is 20.4 Å². The highest BCUT2D eigenvalue weighted by Crippen LogP contribution is 2.31. The maximum absolute atomic E-state index is 9.85. The van der Waals surface area contributed by atoms with Crippen molar-refractivity contribution in [3.63, 3.8) is 0 Å². The average molecular weight is 514 g/mol. The fraction of sp³-hybridized carbons (Fsp3) is 0.478. The zero-order chi connectivity index (χ0) is 23.2. The molecule has 31 heavy (non-hydrogen) atoms. The molecule has 0 aliphatic carbocycles. The summed E-state index contributed by atoms with van der Waals surface area (Å²) < 4.78 is 0. The van der Waals surface area contributed by atoms with Crippen molar-refractivity contribution in [2.24, 2.45) is 11.8 Å². The second kappa shape index (κ2) is 13.9. The number of rotatable bonds is 6. The molecule has 176 valence electrons. The van der Waals surface area contributed by atoms with Gasteiger partial charge in [0.15, 0.2) is 0 Å². The molecule has 2 rings (SSSR count). The van der Waals surface area contributed by atoms with E-state index in [0.717, 1.165) is 0 Å². The van der Waals surface area contributed by atoms with E-state index in [1.54, 1.807) is 36.4 Å². The molecular formula is C23H32Cl4O4. The second-order valence-corrected chi connectivity index (χ2v) is 9.38. The van der Waals surface area contributed by atoms with Crippen LogP contribution in [0.15, 0.2) is 36.4 Å². The SMILES string of the molecule is C.CC(C)[C@@H](O)[C@H](O)c1ccc(Cl)cc1Cl.CC(C)[C@H](O)[C@@H](O)c1ccc(Cl)cc1Cl. The Hall–Kier alpha value is -0.560. The minimum Gasteiger partial charge on any atom is -0.390 e. The van der Waals surface area contributed by atoms with Crippen molar-refractivity contribution in [2.75, 3.05) is 0 Å². The second-order valence-electron chi connectivity index (χ2n) is 7.69. The summed E-state index contributed by atoms with van der Waals surface area (Å²) in [5, 5.41) is 40.9. The highest BCUT2D eigenvalue weighted by atomic mass is 35.5. The molecular weight excluding hydrogens is 482 g/mol. The lowest BCUT2D eigenvalue weighted by Gasteiger charge is -2.22.